The molecule has 0 radical (unpaired) electrons. The van der Waals surface area contributed by atoms with E-state index < -0.39 is 0 Å². The van der Waals surface area contributed by atoms with Gasteiger partial charge < -0.3 is 9.88 Å². The van der Waals surface area contributed by atoms with Crippen molar-refractivity contribution in [3.63, 3.8) is 0 Å². The molecule has 7 heteroatoms. The normalized spacial score (nSPS) is 18.6. The topological polar surface area (TPSA) is 62.5 Å². The first-order valence-electron chi connectivity index (χ1n) is 8.60. The van der Waals surface area contributed by atoms with Crippen LogP contribution in [0.1, 0.15) is 36.3 Å². The van der Waals surface area contributed by atoms with Crippen molar-refractivity contribution in [3.8, 4) is 0 Å². The Morgan fingerprint density at radius 3 is 2.96 bits per heavy atom. The lowest BCUT2D eigenvalue weighted by molar-refractivity contribution is 0.174. The van der Waals surface area contributed by atoms with Gasteiger partial charge in [-0.15, -0.1) is 0 Å². The van der Waals surface area contributed by atoms with E-state index in [1.165, 1.54) is 11.8 Å². The number of nitrogens with zero attached hydrogens (tertiary/aromatic N) is 4. The smallest absolute Gasteiger partial charge is 0.130 e. The van der Waals surface area contributed by atoms with E-state index in [-0.39, 0.29) is 17.9 Å². The number of likely N-dealkylation sites (N-methyl/N-ethyl adjacent to an activating group) is 1. The van der Waals surface area contributed by atoms with Crippen molar-refractivity contribution in [2.45, 2.75) is 45.4 Å². The zero-order chi connectivity index (χ0) is 18.0. The molecule has 3 rings (SSSR count). The van der Waals surface area contributed by atoms with Gasteiger partial charge in [-0.1, -0.05) is 18.2 Å². The van der Waals surface area contributed by atoms with Crippen LogP contribution in [0.2, 0.25) is 0 Å². The molecule has 1 N–H and O–H groups in total. The molecule has 134 valence electrons. The number of fused-ring (bicyclic) bond motifs is 1. The third-order valence-corrected chi connectivity index (χ3v) is 4.98. The van der Waals surface area contributed by atoms with Crippen molar-refractivity contribution in [1.82, 2.24) is 14.5 Å². The van der Waals surface area contributed by atoms with Crippen LogP contribution in [0.4, 0.5) is 10.1 Å². The molecular weight excluding hydrogens is 321 g/mol. The molecule has 1 aliphatic heterocycles. The fraction of sp³-hybridized carbons (Fsp3) is 0.500. The van der Waals surface area contributed by atoms with E-state index in [0.717, 1.165) is 12.2 Å². The monoisotopic (exact) mass is 345 g/mol. The van der Waals surface area contributed by atoms with Crippen molar-refractivity contribution >= 4 is 5.69 Å². The molecule has 0 aliphatic carbocycles. The lowest BCUT2D eigenvalue weighted by Crippen LogP contribution is -2.34. The average molecular weight is 345 g/mol. The highest BCUT2D eigenvalue weighted by molar-refractivity contribution is 5.46. The van der Waals surface area contributed by atoms with Gasteiger partial charge in [0.1, 0.15) is 11.9 Å². The maximum absolute atomic E-state index is 14.7. The molecule has 6 nitrogen and oxygen atoms in total. The predicted octanol–water partition coefficient (Wildman–Crippen LogP) is 3.47. The summed E-state index contributed by atoms with van der Waals surface area (Å²) in [4.78, 5) is 17.2. The summed E-state index contributed by atoms with van der Waals surface area (Å²) in [6, 6.07) is 4.85. The first-order valence-corrected chi connectivity index (χ1v) is 8.60. The van der Waals surface area contributed by atoms with Gasteiger partial charge in [0.25, 0.3) is 0 Å². The minimum absolute atomic E-state index is 0.0322. The van der Waals surface area contributed by atoms with Crippen LogP contribution in [-0.4, -0.2) is 34.1 Å². The fourth-order valence-corrected chi connectivity index (χ4v) is 3.28. The number of hydrogen-bond acceptors (Lipinski definition) is 5. The molecule has 25 heavy (non-hydrogen) atoms. The summed E-state index contributed by atoms with van der Waals surface area (Å²) >= 11 is 0. The van der Waals surface area contributed by atoms with E-state index in [9.17, 15) is 9.30 Å². The largest absolute Gasteiger partial charge is 0.383 e. The van der Waals surface area contributed by atoms with Crippen LogP contribution < -0.4 is 5.32 Å². The molecule has 0 fully saturated rings. The molecule has 2 aromatic rings. The van der Waals surface area contributed by atoms with Crippen LogP contribution in [0.15, 0.2) is 29.7 Å². The van der Waals surface area contributed by atoms with Gasteiger partial charge in [-0.3, -0.25) is 4.90 Å². The summed E-state index contributed by atoms with van der Waals surface area (Å²) in [5, 5.41) is 6.13. The molecule has 0 saturated carbocycles. The van der Waals surface area contributed by atoms with Gasteiger partial charge in [-0.05, 0) is 32.5 Å². The van der Waals surface area contributed by atoms with Gasteiger partial charge in [-0.25, -0.2) is 9.37 Å². The van der Waals surface area contributed by atoms with Gasteiger partial charge in [0.05, 0.1) is 23.8 Å². The van der Waals surface area contributed by atoms with Crippen LogP contribution >= 0.6 is 0 Å². The number of aromatic nitrogens is 2. The van der Waals surface area contributed by atoms with E-state index in [2.05, 4.69) is 24.9 Å². The van der Waals surface area contributed by atoms with Crippen molar-refractivity contribution in [2.24, 2.45) is 5.18 Å². The molecule has 2 unspecified atom stereocenters. The highest BCUT2D eigenvalue weighted by atomic mass is 19.1. The Morgan fingerprint density at radius 2 is 2.28 bits per heavy atom. The molecular formula is C18H24FN5O. The second-order valence-corrected chi connectivity index (χ2v) is 6.64. The number of imidazole rings is 1. The van der Waals surface area contributed by atoms with Gasteiger partial charge in [0.2, 0.25) is 0 Å². The minimum Gasteiger partial charge on any atom is -0.383 e. The number of rotatable bonds is 6. The molecule has 0 amide bonds. The van der Waals surface area contributed by atoms with E-state index >= 15 is 0 Å². The SMILES string of the molecule is CCC(CNc1ccc(C2Cn3cnc(C)c3CN2C)c(F)c1)N=O. The van der Waals surface area contributed by atoms with E-state index in [1.807, 2.05) is 39.4 Å². The standard InChI is InChI=1S/C18H24FN5O/c1-4-13(22-25)8-20-14-5-6-15(16(19)7-14)18-10-24-11-21-12(2)17(24)9-23(18)3/h5-7,11,13,18,20H,4,8-10H2,1-3H3. The molecule has 0 saturated heterocycles. The molecule has 1 aliphatic rings. The van der Waals surface area contributed by atoms with Crippen LogP contribution in [0.5, 0.6) is 0 Å². The minimum atomic E-state index is -0.296. The van der Waals surface area contributed by atoms with Crippen LogP contribution in [-0.2, 0) is 13.1 Å². The lowest BCUT2D eigenvalue weighted by atomic mass is 10.0. The van der Waals surface area contributed by atoms with Gasteiger partial charge in [0, 0.05) is 30.9 Å². The van der Waals surface area contributed by atoms with Gasteiger partial charge >= 0.3 is 0 Å². The number of anilines is 1. The Bertz CT molecular complexity index is 760. The number of benzene rings is 1. The summed E-state index contributed by atoms with van der Waals surface area (Å²) < 4.78 is 16.8. The highest BCUT2D eigenvalue weighted by Gasteiger charge is 2.28. The Labute approximate surface area is 147 Å². The summed E-state index contributed by atoms with van der Waals surface area (Å²) in [7, 11) is 2.01. The third-order valence-electron chi connectivity index (χ3n) is 4.98. The summed E-state index contributed by atoms with van der Waals surface area (Å²) in [5.74, 6) is -0.241. The maximum atomic E-state index is 14.7. The Balaban J connectivity index is 1.76. The van der Waals surface area contributed by atoms with Crippen LogP contribution in [0.3, 0.4) is 0 Å². The number of nitroso groups, excluding NO2 is 1. The van der Waals surface area contributed by atoms with Crippen molar-refractivity contribution in [2.75, 3.05) is 18.9 Å². The van der Waals surface area contributed by atoms with Crippen LogP contribution in [0.25, 0.3) is 0 Å². The van der Waals surface area contributed by atoms with E-state index in [0.29, 0.717) is 30.8 Å². The van der Waals surface area contributed by atoms with Gasteiger partial charge in [-0.2, -0.15) is 4.91 Å². The van der Waals surface area contributed by atoms with Crippen molar-refractivity contribution in [1.29, 1.82) is 0 Å². The molecule has 1 aromatic carbocycles. The van der Waals surface area contributed by atoms with Crippen molar-refractivity contribution < 1.29 is 4.39 Å². The summed E-state index contributed by atoms with van der Waals surface area (Å²) in [6.45, 7) is 5.75. The van der Waals surface area contributed by atoms with E-state index in [1.54, 1.807) is 0 Å². The maximum Gasteiger partial charge on any atom is 0.130 e. The average Bonchev–Trinajstić information content (AvgIpc) is 2.96. The number of hydrogen-bond donors (Lipinski definition) is 1. The highest BCUT2D eigenvalue weighted by Crippen LogP contribution is 2.31. The summed E-state index contributed by atoms with van der Waals surface area (Å²) in [6.07, 6.45) is 2.49. The molecule has 2 heterocycles. The fourth-order valence-electron chi connectivity index (χ4n) is 3.28. The quantitative estimate of drug-likeness (QED) is 0.814. The molecule has 0 spiro atoms. The number of halogens is 1. The molecule has 2 atom stereocenters. The number of nitrogens with one attached hydrogen (secondary N) is 1. The number of aryl methyl sites for hydroxylation is 1. The Kier molecular flexibility index (Phi) is 5.13. The second-order valence-electron chi connectivity index (χ2n) is 6.64. The van der Waals surface area contributed by atoms with Crippen LogP contribution in [0, 0.1) is 17.6 Å². The molecule has 1 aromatic heterocycles. The van der Waals surface area contributed by atoms with Crippen molar-refractivity contribution in [3.05, 3.63) is 52.2 Å². The first-order chi connectivity index (χ1) is 12.0. The lowest BCUT2D eigenvalue weighted by Gasteiger charge is -2.34. The Hall–Kier alpha value is -2.28. The second kappa shape index (κ2) is 7.31. The predicted molar refractivity (Wildman–Crippen MR) is 95.9 cm³/mol. The molecule has 0 bridgehead atoms. The van der Waals surface area contributed by atoms with Gasteiger partial charge in [0.15, 0.2) is 0 Å². The zero-order valence-electron chi connectivity index (χ0n) is 14.9. The summed E-state index contributed by atoms with van der Waals surface area (Å²) in [5.41, 5.74) is 3.55. The third kappa shape index (κ3) is 3.56. The first kappa shape index (κ1) is 17.5. The van der Waals surface area contributed by atoms with E-state index in [4.69, 9.17) is 0 Å². The zero-order valence-corrected chi connectivity index (χ0v) is 14.9. The Morgan fingerprint density at radius 1 is 1.48 bits per heavy atom.